The average molecular weight is 273 g/mol. The Hall–Kier alpha value is -2.83. The lowest BCUT2D eigenvalue weighted by molar-refractivity contribution is 0.112. The van der Waals surface area contributed by atoms with Gasteiger partial charge in [0, 0.05) is 5.56 Å². The molecule has 104 valence electrons. The summed E-state index contributed by atoms with van der Waals surface area (Å²) in [5, 5.41) is 7.42. The lowest BCUT2D eigenvalue weighted by Crippen LogP contribution is -2.15. The molecule has 0 bridgehead atoms. The topological polar surface area (TPSA) is 120 Å². The van der Waals surface area contributed by atoms with Crippen LogP contribution < -0.4 is 16.2 Å². The summed E-state index contributed by atoms with van der Waals surface area (Å²) < 4.78 is 6.76. The number of nitrogens with zero attached hydrogens (tertiary/aromatic N) is 2. The first-order valence-corrected chi connectivity index (χ1v) is 5.85. The largest absolute Gasteiger partial charge is 0.468 e. The number of nitrogens with one attached hydrogen (secondary N) is 1. The van der Waals surface area contributed by atoms with Crippen molar-refractivity contribution in [2.24, 2.45) is 5.73 Å². The summed E-state index contributed by atoms with van der Waals surface area (Å²) in [6, 6.07) is 7.35. The van der Waals surface area contributed by atoms with Gasteiger partial charge in [-0.25, -0.2) is 0 Å². The molecule has 7 heteroatoms. The van der Waals surface area contributed by atoms with E-state index in [2.05, 4.69) is 4.98 Å². The normalized spacial score (nSPS) is 10.2. The van der Waals surface area contributed by atoms with E-state index in [0.717, 1.165) is 11.8 Å². The number of hydrogen-bond donors (Lipinski definition) is 3. The molecule has 2 rings (SSSR count). The van der Waals surface area contributed by atoms with Crippen molar-refractivity contribution in [1.82, 2.24) is 9.55 Å². The third-order valence-corrected chi connectivity index (χ3v) is 2.87. The van der Waals surface area contributed by atoms with Crippen molar-refractivity contribution in [2.45, 2.75) is 6.54 Å². The minimum absolute atomic E-state index is 0.200. The summed E-state index contributed by atoms with van der Waals surface area (Å²) in [5.41, 5.74) is 13.1. The maximum absolute atomic E-state index is 10.6. The number of carbonyl (C=O) groups excluding carboxylic acids is 1. The van der Waals surface area contributed by atoms with Gasteiger partial charge >= 0.3 is 0 Å². The minimum Gasteiger partial charge on any atom is -0.468 e. The standard InChI is InChI=1S/C13H15N5O2/c1-20-13-17-10(11(14)15)12(16)18(13)6-8-2-4-9(7-19)5-3-8/h2-5,7H,6,16H2,1H3,(H3,14,15). The summed E-state index contributed by atoms with van der Waals surface area (Å²) in [6.07, 6.45) is 0.782. The molecule has 1 aromatic heterocycles. The second-order valence-electron chi connectivity index (χ2n) is 4.19. The first-order valence-electron chi connectivity index (χ1n) is 5.85. The average Bonchev–Trinajstić information content (AvgIpc) is 2.77. The van der Waals surface area contributed by atoms with Gasteiger partial charge < -0.3 is 16.2 Å². The van der Waals surface area contributed by atoms with E-state index in [-0.39, 0.29) is 23.4 Å². The van der Waals surface area contributed by atoms with Crippen molar-refractivity contribution < 1.29 is 9.53 Å². The van der Waals surface area contributed by atoms with Gasteiger partial charge in [-0.1, -0.05) is 24.3 Å². The Morgan fingerprint density at radius 3 is 2.60 bits per heavy atom. The molecule has 0 spiro atoms. The summed E-state index contributed by atoms with van der Waals surface area (Å²) in [5.74, 6) is 0.0599. The van der Waals surface area contributed by atoms with Crippen LogP contribution in [0.25, 0.3) is 0 Å². The Kier molecular flexibility index (Phi) is 3.69. The van der Waals surface area contributed by atoms with Crippen LogP contribution in [0, 0.1) is 5.41 Å². The fourth-order valence-electron chi connectivity index (χ4n) is 1.84. The Bertz CT molecular complexity index is 646. The number of benzene rings is 1. The van der Waals surface area contributed by atoms with Crippen LogP contribution in [-0.4, -0.2) is 28.8 Å². The number of nitrogens with two attached hydrogens (primary N) is 2. The van der Waals surface area contributed by atoms with E-state index in [4.69, 9.17) is 21.6 Å². The highest BCUT2D eigenvalue weighted by Crippen LogP contribution is 2.21. The molecule has 5 N–H and O–H groups in total. The molecule has 0 aliphatic carbocycles. The molecule has 0 aliphatic rings. The summed E-state index contributed by atoms with van der Waals surface area (Å²) in [4.78, 5) is 14.7. The quantitative estimate of drug-likeness (QED) is 0.419. The number of aldehydes is 1. The van der Waals surface area contributed by atoms with E-state index in [1.54, 1.807) is 16.7 Å². The maximum atomic E-state index is 10.6. The molecule has 0 radical (unpaired) electrons. The number of ether oxygens (including phenoxy) is 1. The molecule has 20 heavy (non-hydrogen) atoms. The minimum atomic E-state index is -0.212. The van der Waals surface area contributed by atoms with E-state index in [1.165, 1.54) is 7.11 Å². The fraction of sp³-hybridized carbons (Fsp3) is 0.154. The second-order valence-corrected chi connectivity index (χ2v) is 4.19. The maximum Gasteiger partial charge on any atom is 0.298 e. The first kappa shape index (κ1) is 13.6. The molecule has 0 saturated carbocycles. The lowest BCUT2D eigenvalue weighted by atomic mass is 10.1. The van der Waals surface area contributed by atoms with Gasteiger partial charge in [0.15, 0.2) is 5.69 Å². The number of hydrogen-bond acceptors (Lipinski definition) is 5. The van der Waals surface area contributed by atoms with Gasteiger partial charge in [-0.2, -0.15) is 4.98 Å². The second kappa shape index (κ2) is 5.43. The van der Waals surface area contributed by atoms with Crippen molar-refractivity contribution in [3.8, 4) is 6.01 Å². The van der Waals surface area contributed by atoms with Crippen LogP contribution in [0.2, 0.25) is 0 Å². The number of anilines is 1. The number of carbonyl (C=O) groups is 1. The highest BCUT2D eigenvalue weighted by molar-refractivity contribution is 5.97. The molecular formula is C13H15N5O2. The predicted octanol–water partition coefficient (Wildman–Crippen LogP) is 0.619. The van der Waals surface area contributed by atoms with Crippen molar-refractivity contribution >= 4 is 17.9 Å². The van der Waals surface area contributed by atoms with Crippen molar-refractivity contribution in [3.05, 3.63) is 41.1 Å². The molecular weight excluding hydrogens is 258 g/mol. The smallest absolute Gasteiger partial charge is 0.298 e. The lowest BCUT2D eigenvalue weighted by Gasteiger charge is -2.08. The molecule has 2 aromatic rings. The SMILES string of the molecule is COc1nc(C(=N)N)c(N)n1Cc1ccc(C=O)cc1. The van der Waals surface area contributed by atoms with Crippen LogP contribution in [0.3, 0.4) is 0 Å². The number of methoxy groups -OCH3 is 1. The fourth-order valence-corrected chi connectivity index (χ4v) is 1.84. The number of imidazole rings is 1. The van der Waals surface area contributed by atoms with Gasteiger partial charge in [0.2, 0.25) is 0 Å². The number of nitrogen functional groups attached to an aromatic ring is 2. The molecule has 0 fully saturated rings. The van der Waals surface area contributed by atoms with Crippen LogP contribution >= 0.6 is 0 Å². The molecule has 0 amide bonds. The highest BCUT2D eigenvalue weighted by atomic mass is 16.5. The van der Waals surface area contributed by atoms with Gasteiger partial charge in [0.25, 0.3) is 6.01 Å². The number of aromatic nitrogens is 2. The van der Waals surface area contributed by atoms with Crippen molar-refractivity contribution in [1.29, 1.82) is 5.41 Å². The summed E-state index contributed by atoms with van der Waals surface area (Å²) in [6.45, 7) is 0.411. The van der Waals surface area contributed by atoms with E-state index >= 15 is 0 Å². The van der Waals surface area contributed by atoms with Crippen LogP contribution in [0.1, 0.15) is 21.6 Å². The zero-order chi connectivity index (χ0) is 14.7. The molecule has 0 atom stereocenters. The first-order chi connectivity index (χ1) is 9.56. The van der Waals surface area contributed by atoms with E-state index in [1.807, 2.05) is 12.1 Å². The van der Waals surface area contributed by atoms with Gasteiger partial charge in [0.1, 0.15) is 17.9 Å². The van der Waals surface area contributed by atoms with Crippen LogP contribution in [0.5, 0.6) is 6.01 Å². The van der Waals surface area contributed by atoms with Gasteiger partial charge in [-0.15, -0.1) is 0 Å². The Balaban J connectivity index is 2.36. The monoisotopic (exact) mass is 273 g/mol. The van der Waals surface area contributed by atoms with Gasteiger partial charge in [0.05, 0.1) is 13.7 Å². The Labute approximate surface area is 115 Å². The molecule has 7 nitrogen and oxygen atoms in total. The summed E-state index contributed by atoms with van der Waals surface area (Å²) >= 11 is 0. The van der Waals surface area contributed by atoms with E-state index in [0.29, 0.717) is 12.1 Å². The molecule has 0 unspecified atom stereocenters. The predicted molar refractivity (Wildman–Crippen MR) is 75.1 cm³/mol. The van der Waals surface area contributed by atoms with Crippen LogP contribution in [0.15, 0.2) is 24.3 Å². The molecule has 1 heterocycles. The van der Waals surface area contributed by atoms with Crippen molar-refractivity contribution in [2.75, 3.05) is 12.8 Å². The van der Waals surface area contributed by atoms with E-state index < -0.39 is 0 Å². The Morgan fingerprint density at radius 2 is 2.10 bits per heavy atom. The molecule has 0 aliphatic heterocycles. The zero-order valence-electron chi connectivity index (χ0n) is 11.0. The Morgan fingerprint density at radius 1 is 1.45 bits per heavy atom. The van der Waals surface area contributed by atoms with Crippen LogP contribution in [0.4, 0.5) is 5.82 Å². The number of amidine groups is 1. The third kappa shape index (κ3) is 2.46. The van der Waals surface area contributed by atoms with Crippen molar-refractivity contribution in [3.63, 3.8) is 0 Å². The van der Waals surface area contributed by atoms with Gasteiger partial charge in [-0.3, -0.25) is 14.8 Å². The zero-order valence-corrected chi connectivity index (χ0v) is 11.0. The highest BCUT2D eigenvalue weighted by Gasteiger charge is 2.17. The van der Waals surface area contributed by atoms with Gasteiger partial charge in [-0.05, 0) is 5.56 Å². The van der Waals surface area contributed by atoms with E-state index in [9.17, 15) is 4.79 Å². The summed E-state index contributed by atoms with van der Waals surface area (Å²) in [7, 11) is 1.47. The third-order valence-electron chi connectivity index (χ3n) is 2.87. The molecule has 1 aromatic carbocycles. The number of rotatable bonds is 5. The van der Waals surface area contributed by atoms with Crippen LogP contribution in [-0.2, 0) is 6.54 Å². The molecule has 0 saturated heterocycles.